The first-order chi connectivity index (χ1) is 11.2. The monoisotopic (exact) mass is 328 g/mol. The van der Waals surface area contributed by atoms with Crippen molar-refractivity contribution in [2.24, 2.45) is 0 Å². The zero-order valence-corrected chi connectivity index (χ0v) is 13.0. The van der Waals surface area contributed by atoms with Crippen LogP contribution in [0.3, 0.4) is 0 Å². The highest BCUT2D eigenvalue weighted by Crippen LogP contribution is 2.17. The third-order valence-electron chi connectivity index (χ3n) is 3.14. The van der Waals surface area contributed by atoms with Gasteiger partial charge < -0.3 is 9.84 Å². The van der Waals surface area contributed by atoms with Crippen LogP contribution >= 0.6 is 11.6 Å². The van der Waals surface area contributed by atoms with Crippen LogP contribution in [-0.2, 0) is 6.42 Å². The maximum Gasteiger partial charge on any atom is 0.256 e. The first kappa shape index (κ1) is 15.2. The van der Waals surface area contributed by atoms with Crippen LogP contribution in [0.25, 0.3) is 11.4 Å². The molecular formula is C16H13ClN4O2. The molecule has 0 aliphatic heterocycles. The molecule has 0 radical (unpaired) electrons. The van der Waals surface area contributed by atoms with E-state index in [9.17, 15) is 4.79 Å². The van der Waals surface area contributed by atoms with Crippen molar-refractivity contribution in [2.75, 3.05) is 5.32 Å². The number of amides is 1. The number of pyridine rings is 1. The Hall–Kier alpha value is -2.73. The largest absolute Gasteiger partial charge is 0.339 e. The number of nitrogens with one attached hydrogen (secondary N) is 1. The average molecular weight is 329 g/mol. The Balaban J connectivity index is 1.73. The first-order valence-electron chi connectivity index (χ1n) is 7.01. The quantitative estimate of drug-likeness (QED) is 0.791. The molecule has 3 aromatic rings. The second-order valence-corrected chi connectivity index (χ2v) is 5.19. The molecule has 0 saturated carbocycles. The first-order valence-corrected chi connectivity index (χ1v) is 7.39. The fourth-order valence-electron chi connectivity index (χ4n) is 1.92. The number of hydrogen-bond acceptors (Lipinski definition) is 5. The van der Waals surface area contributed by atoms with Crippen molar-refractivity contribution in [3.63, 3.8) is 0 Å². The van der Waals surface area contributed by atoms with Crippen LogP contribution in [0.2, 0.25) is 5.02 Å². The van der Waals surface area contributed by atoms with Gasteiger partial charge in [0.25, 0.3) is 5.91 Å². The molecule has 23 heavy (non-hydrogen) atoms. The summed E-state index contributed by atoms with van der Waals surface area (Å²) in [5, 5.41) is 7.11. The zero-order valence-electron chi connectivity index (χ0n) is 12.3. The van der Waals surface area contributed by atoms with E-state index in [-0.39, 0.29) is 5.91 Å². The molecule has 7 heteroatoms. The summed E-state index contributed by atoms with van der Waals surface area (Å²) < 4.78 is 5.08. The number of nitrogens with zero attached hydrogens (tertiary/aromatic N) is 3. The summed E-state index contributed by atoms with van der Waals surface area (Å²) in [7, 11) is 0. The van der Waals surface area contributed by atoms with Crippen molar-refractivity contribution in [3.05, 3.63) is 59.1 Å². The summed E-state index contributed by atoms with van der Waals surface area (Å²) in [5.41, 5.74) is 1.29. The van der Waals surface area contributed by atoms with Crippen molar-refractivity contribution in [1.29, 1.82) is 0 Å². The number of anilines is 1. The maximum absolute atomic E-state index is 12.2. The highest BCUT2D eigenvalue weighted by Gasteiger charge is 2.10. The van der Waals surface area contributed by atoms with Crippen molar-refractivity contribution in [2.45, 2.75) is 13.3 Å². The Bertz CT molecular complexity index is 813. The lowest BCUT2D eigenvalue weighted by atomic mass is 10.1. The summed E-state index contributed by atoms with van der Waals surface area (Å²) in [4.78, 5) is 20.4. The Labute approximate surface area is 137 Å². The summed E-state index contributed by atoms with van der Waals surface area (Å²) in [6, 6.07) is 10.2. The standard InChI is InChI=1S/C16H13ClN4O2/c1-2-14-20-15(21-23-14)10-3-5-11(6-4-10)16(22)19-13-8-7-12(17)9-18-13/h3-9H,2H2,1H3,(H,18,19,22). The minimum absolute atomic E-state index is 0.256. The Morgan fingerprint density at radius 3 is 2.61 bits per heavy atom. The van der Waals surface area contributed by atoms with Gasteiger partial charge in [0.05, 0.1) is 5.02 Å². The Morgan fingerprint density at radius 2 is 2.00 bits per heavy atom. The highest BCUT2D eigenvalue weighted by molar-refractivity contribution is 6.30. The van der Waals surface area contributed by atoms with E-state index in [0.29, 0.717) is 34.5 Å². The topological polar surface area (TPSA) is 80.9 Å². The molecular weight excluding hydrogens is 316 g/mol. The molecule has 1 amide bonds. The van der Waals surface area contributed by atoms with Gasteiger partial charge in [-0.05, 0) is 24.3 Å². The molecule has 116 valence electrons. The Kier molecular flexibility index (Phi) is 4.34. The average Bonchev–Trinajstić information content (AvgIpc) is 3.06. The smallest absolute Gasteiger partial charge is 0.256 e. The molecule has 0 saturated heterocycles. The SMILES string of the molecule is CCc1nc(-c2ccc(C(=O)Nc3ccc(Cl)cn3)cc2)no1. The summed E-state index contributed by atoms with van der Waals surface area (Å²) >= 11 is 5.76. The lowest BCUT2D eigenvalue weighted by molar-refractivity contribution is 0.102. The molecule has 0 atom stereocenters. The second-order valence-electron chi connectivity index (χ2n) is 4.76. The van der Waals surface area contributed by atoms with Crippen LogP contribution in [0.1, 0.15) is 23.2 Å². The molecule has 0 spiro atoms. The number of aromatic nitrogens is 3. The van der Waals surface area contributed by atoms with Crippen LogP contribution in [0.15, 0.2) is 47.1 Å². The number of aryl methyl sites for hydroxylation is 1. The predicted octanol–water partition coefficient (Wildman–Crippen LogP) is 3.60. The Morgan fingerprint density at radius 1 is 1.22 bits per heavy atom. The van der Waals surface area contributed by atoms with E-state index in [1.807, 2.05) is 6.92 Å². The van der Waals surface area contributed by atoms with Gasteiger partial charge in [0.15, 0.2) is 0 Å². The molecule has 0 aliphatic rings. The molecule has 0 bridgehead atoms. The zero-order chi connectivity index (χ0) is 16.2. The fraction of sp³-hybridized carbons (Fsp3) is 0.125. The van der Waals surface area contributed by atoms with Gasteiger partial charge in [-0.25, -0.2) is 4.98 Å². The molecule has 2 heterocycles. The van der Waals surface area contributed by atoms with Gasteiger partial charge in [-0.2, -0.15) is 4.98 Å². The van der Waals surface area contributed by atoms with Crippen molar-refractivity contribution >= 4 is 23.3 Å². The van der Waals surface area contributed by atoms with Crippen LogP contribution in [0.4, 0.5) is 5.82 Å². The number of carbonyl (C=O) groups is 1. The molecule has 0 unspecified atom stereocenters. The minimum Gasteiger partial charge on any atom is -0.339 e. The van der Waals surface area contributed by atoms with Gasteiger partial charge in [0.1, 0.15) is 5.82 Å². The molecule has 0 fully saturated rings. The van der Waals surface area contributed by atoms with Crippen molar-refractivity contribution < 1.29 is 9.32 Å². The van der Waals surface area contributed by atoms with Gasteiger partial charge in [-0.1, -0.05) is 35.8 Å². The second kappa shape index (κ2) is 6.58. The third-order valence-corrected chi connectivity index (χ3v) is 3.37. The lowest BCUT2D eigenvalue weighted by Crippen LogP contribution is -2.12. The summed E-state index contributed by atoms with van der Waals surface area (Å²) in [5.74, 6) is 1.27. The van der Waals surface area contributed by atoms with Gasteiger partial charge >= 0.3 is 0 Å². The van der Waals surface area contributed by atoms with E-state index in [0.717, 1.165) is 5.56 Å². The number of hydrogen-bond donors (Lipinski definition) is 1. The van der Waals surface area contributed by atoms with Crippen LogP contribution in [0.5, 0.6) is 0 Å². The van der Waals surface area contributed by atoms with Gasteiger partial charge in [-0.15, -0.1) is 0 Å². The fourth-order valence-corrected chi connectivity index (χ4v) is 2.04. The normalized spacial score (nSPS) is 10.5. The van der Waals surface area contributed by atoms with Gasteiger partial charge in [0, 0.05) is 23.7 Å². The molecule has 1 aromatic carbocycles. The maximum atomic E-state index is 12.2. The summed E-state index contributed by atoms with van der Waals surface area (Å²) in [6.07, 6.45) is 2.16. The van der Waals surface area contributed by atoms with E-state index in [1.54, 1.807) is 36.4 Å². The van der Waals surface area contributed by atoms with E-state index in [4.69, 9.17) is 16.1 Å². The number of halogens is 1. The van der Waals surface area contributed by atoms with E-state index in [2.05, 4.69) is 20.4 Å². The van der Waals surface area contributed by atoms with E-state index in [1.165, 1.54) is 6.20 Å². The van der Waals surface area contributed by atoms with Crippen molar-refractivity contribution in [3.8, 4) is 11.4 Å². The van der Waals surface area contributed by atoms with Crippen molar-refractivity contribution in [1.82, 2.24) is 15.1 Å². The predicted molar refractivity (Wildman–Crippen MR) is 86.3 cm³/mol. The van der Waals surface area contributed by atoms with Crippen LogP contribution in [0, 0.1) is 0 Å². The molecule has 0 aliphatic carbocycles. The highest BCUT2D eigenvalue weighted by atomic mass is 35.5. The molecule has 3 rings (SSSR count). The summed E-state index contributed by atoms with van der Waals surface area (Å²) in [6.45, 7) is 1.94. The molecule has 1 N–H and O–H groups in total. The number of benzene rings is 1. The molecule has 6 nitrogen and oxygen atoms in total. The van der Waals surface area contributed by atoms with E-state index >= 15 is 0 Å². The van der Waals surface area contributed by atoms with Gasteiger partial charge in [0.2, 0.25) is 11.7 Å². The van der Waals surface area contributed by atoms with Gasteiger partial charge in [-0.3, -0.25) is 4.79 Å². The minimum atomic E-state index is -0.256. The molecule has 2 aromatic heterocycles. The third kappa shape index (κ3) is 3.54. The van der Waals surface area contributed by atoms with E-state index < -0.39 is 0 Å². The van der Waals surface area contributed by atoms with Crippen LogP contribution < -0.4 is 5.32 Å². The number of carbonyl (C=O) groups excluding carboxylic acids is 1. The lowest BCUT2D eigenvalue weighted by Gasteiger charge is -2.04. The number of rotatable bonds is 4. The van der Waals surface area contributed by atoms with Crippen LogP contribution in [-0.4, -0.2) is 21.0 Å².